The van der Waals surface area contributed by atoms with Crippen molar-refractivity contribution in [2.45, 2.75) is 12.7 Å². The maximum Gasteiger partial charge on any atom is 0.433 e. The van der Waals surface area contributed by atoms with Crippen molar-refractivity contribution < 1.29 is 17.7 Å². The Bertz CT molecular complexity index is 482. The van der Waals surface area contributed by atoms with Gasteiger partial charge in [0.1, 0.15) is 23.5 Å². The molecule has 0 bridgehead atoms. The molecule has 0 aromatic carbocycles. The van der Waals surface area contributed by atoms with E-state index >= 15 is 0 Å². The molecule has 0 aliphatic rings. The normalized spacial score (nSPS) is 11.5. The summed E-state index contributed by atoms with van der Waals surface area (Å²) in [4.78, 5) is 3.45. The average Bonchev–Trinajstić information content (AvgIpc) is 2.78. The van der Waals surface area contributed by atoms with Gasteiger partial charge in [0.25, 0.3) is 0 Å². The molecule has 0 unspecified atom stereocenters. The third-order valence-electron chi connectivity index (χ3n) is 1.98. The molecule has 2 heterocycles. The number of hydrogen-bond donors (Lipinski definition) is 1. The first-order valence-electron chi connectivity index (χ1n) is 4.73. The van der Waals surface area contributed by atoms with Crippen molar-refractivity contribution in [1.82, 2.24) is 10.1 Å². The molecule has 0 radical (unpaired) electrons. The van der Waals surface area contributed by atoms with Gasteiger partial charge in [-0.2, -0.15) is 13.2 Å². The number of pyridine rings is 1. The molecule has 0 saturated heterocycles. The van der Waals surface area contributed by atoms with Gasteiger partial charge >= 0.3 is 6.18 Å². The van der Waals surface area contributed by atoms with Crippen LogP contribution >= 0.6 is 0 Å². The monoisotopic (exact) mass is 243 g/mol. The van der Waals surface area contributed by atoms with Crippen molar-refractivity contribution in [3.05, 3.63) is 41.9 Å². The zero-order valence-electron chi connectivity index (χ0n) is 8.53. The summed E-state index contributed by atoms with van der Waals surface area (Å²) in [5, 5.41) is 6.34. The van der Waals surface area contributed by atoms with E-state index < -0.39 is 11.9 Å². The summed E-state index contributed by atoms with van der Waals surface area (Å²) in [5.74, 6) is 0.142. The lowest BCUT2D eigenvalue weighted by Gasteiger charge is -2.08. The van der Waals surface area contributed by atoms with Crippen LogP contribution in [0.3, 0.4) is 0 Å². The van der Waals surface area contributed by atoms with Crippen LogP contribution in [0, 0.1) is 0 Å². The Balaban J connectivity index is 2.07. The molecule has 2 rings (SSSR count). The van der Waals surface area contributed by atoms with Crippen molar-refractivity contribution in [3.8, 4) is 0 Å². The van der Waals surface area contributed by atoms with E-state index in [9.17, 15) is 13.2 Å². The number of aromatic nitrogens is 2. The fraction of sp³-hybridized carbons (Fsp3) is 0.200. The summed E-state index contributed by atoms with van der Waals surface area (Å²) < 4.78 is 41.7. The van der Waals surface area contributed by atoms with Gasteiger partial charge in [-0.25, -0.2) is 4.98 Å². The summed E-state index contributed by atoms with van der Waals surface area (Å²) in [6.07, 6.45) is -3.05. The highest BCUT2D eigenvalue weighted by molar-refractivity contribution is 5.36. The first kappa shape index (κ1) is 11.4. The lowest BCUT2D eigenvalue weighted by atomic mass is 10.3. The second-order valence-corrected chi connectivity index (χ2v) is 3.25. The molecule has 90 valence electrons. The molecule has 2 aromatic rings. The van der Waals surface area contributed by atoms with Crippen LogP contribution in [0.2, 0.25) is 0 Å². The van der Waals surface area contributed by atoms with E-state index in [-0.39, 0.29) is 12.4 Å². The van der Waals surface area contributed by atoms with Crippen LogP contribution in [0.4, 0.5) is 19.0 Å². The van der Waals surface area contributed by atoms with Crippen molar-refractivity contribution in [2.75, 3.05) is 5.32 Å². The molecule has 0 atom stereocenters. The van der Waals surface area contributed by atoms with Gasteiger partial charge in [-0.15, -0.1) is 0 Å². The second kappa shape index (κ2) is 4.44. The van der Waals surface area contributed by atoms with E-state index in [4.69, 9.17) is 0 Å². The minimum absolute atomic E-state index is 0.142. The maximum absolute atomic E-state index is 12.4. The van der Waals surface area contributed by atoms with E-state index in [0.29, 0.717) is 5.69 Å². The van der Waals surface area contributed by atoms with Gasteiger partial charge in [-0.05, 0) is 12.1 Å². The Morgan fingerprint density at radius 1 is 1.24 bits per heavy atom. The predicted octanol–water partition coefficient (Wildman–Crippen LogP) is 2.70. The van der Waals surface area contributed by atoms with E-state index in [1.165, 1.54) is 18.4 Å². The number of rotatable bonds is 3. The van der Waals surface area contributed by atoms with Gasteiger partial charge in [0, 0.05) is 6.07 Å². The lowest BCUT2D eigenvalue weighted by Crippen LogP contribution is -2.10. The molecule has 0 saturated carbocycles. The number of halogens is 3. The van der Waals surface area contributed by atoms with Gasteiger partial charge in [0.15, 0.2) is 0 Å². The number of hydrogen-bond acceptors (Lipinski definition) is 4. The average molecular weight is 243 g/mol. The van der Waals surface area contributed by atoms with Crippen LogP contribution in [0.5, 0.6) is 0 Å². The minimum Gasteiger partial charge on any atom is -0.364 e. The largest absolute Gasteiger partial charge is 0.433 e. The summed E-state index contributed by atoms with van der Waals surface area (Å²) in [7, 11) is 0. The van der Waals surface area contributed by atoms with E-state index in [0.717, 1.165) is 6.07 Å². The predicted molar refractivity (Wildman–Crippen MR) is 53.1 cm³/mol. The highest BCUT2D eigenvalue weighted by atomic mass is 19.4. The Labute approximate surface area is 94.4 Å². The van der Waals surface area contributed by atoms with E-state index in [2.05, 4.69) is 20.0 Å². The third-order valence-corrected chi connectivity index (χ3v) is 1.98. The second-order valence-electron chi connectivity index (χ2n) is 3.25. The van der Waals surface area contributed by atoms with Crippen molar-refractivity contribution in [2.24, 2.45) is 0 Å². The minimum atomic E-state index is -4.44. The van der Waals surface area contributed by atoms with Gasteiger partial charge in [0.2, 0.25) is 0 Å². The maximum atomic E-state index is 12.4. The van der Waals surface area contributed by atoms with Crippen LogP contribution in [0.15, 0.2) is 35.1 Å². The van der Waals surface area contributed by atoms with Crippen LogP contribution in [0.25, 0.3) is 0 Å². The zero-order chi connectivity index (χ0) is 12.3. The molecule has 2 aromatic heterocycles. The number of alkyl halides is 3. The first-order chi connectivity index (χ1) is 8.05. The molecular formula is C10H8F3N3O. The first-order valence-corrected chi connectivity index (χ1v) is 4.73. The lowest BCUT2D eigenvalue weighted by molar-refractivity contribution is -0.141. The number of nitrogens with one attached hydrogen (secondary N) is 1. The van der Waals surface area contributed by atoms with Crippen molar-refractivity contribution in [3.63, 3.8) is 0 Å². The Morgan fingerprint density at radius 3 is 2.71 bits per heavy atom. The molecule has 1 N–H and O–H groups in total. The van der Waals surface area contributed by atoms with Crippen molar-refractivity contribution in [1.29, 1.82) is 0 Å². The van der Waals surface area contributed by atoms with Crippen LogP contribution in [-0.2, 0) is 12.7 Å². The molecular weight excluding hydrogens is 235 g/mol. The Morgan fingerprint density at radius 2 is 2.06 bits per heavy atom. The molecule has 0 aliphatic heterocycles. The van der Waals surface area contributed by atoms with Crippen molar-refractivity contribution >= 4 is 5.82 Å². The topological polar surface area (TPSA) is 51.0 Å². The summed E-state index contributed by atoms with van der Waals surface area (Å²) in [6, 6.07) is 5.28. The standard InChI is InChI=1S/C10H8F3N3O/c11-10(12,13)8-2-1-3-9(15-8)14-6-7-4-5-17-16-7/h1-5H,6H2,(H,14,15). The summed E-state index contributed by atoms with van der Waals surface area (Å²) in [6.45, 7) is 0.255. The molecule has 17 heavy (non-hydrogen) atoms. The van der Waals surface area contributed by atoms with Crippen LogP contribution < -0.4 is 5.32 Å². The highest BCUT2D eigenvalue weighted by Gasteiger charge is 2.32. The highest BCUT2D eigenvalue weighted by Crippen LogP contribution is 2.28. The molecule has 0 aliphatic carbocycles. The third kappa shape index (κ3) is 2.96. The van der Waals surface area contributed by atoms with Gasteiger partial charge in [-0.1, -0.05) is 11.2 Å². The van der Waals surface area contributed by atoms with E-state index in [1.807, 2.05) is 0 Å². The van der Waals surface area contributed by atoms with Gasteiger partial charge in [0.05, 0.1) is 6.54 Å². The van der Waals surface area contributed by atoms with Crippen LogP contribution in [0.1, 0.15) is 11.4 Å². The smallest absolute Gasteiger partial charge is 0.364 e. The van der Waals surface area contributed by atoms with Gasteiger partial charge in [-0.3, -0.25) is 0 Å². The molecule has 0 spiro atoms. The zero-order valence-corrected chi connectivity index (χ0v) is 8.53. The SMILES string of the molecule is FC(F)(F)c1cccc(NCc2ccon2)n1. The van der Waals surface area contributed by atoms with Gasteiger partial charge < -0.3 is 9.84 Å². The summed E-state index contributed by atoms with van der Waals surface area (Å²) >= 11 is 0. The number of anilines is 1. The molecule has 4 nitrogen and oxygen atoms in total. The van der Waals surface area contributed by atoms with E-state index in [1.54, 1.807) is 6.07 Å². The fourth-order valence-electron chi connectivity index (χ4n) is 1.20. The number of nitrogens with zero attached hydrogens (tertiary/aromatic N) is 2. The molecule has 7 heteroatoms. The molecule has 0 amide bonds. The molecule has 0 fully saturated rings. The summed E-state index contributed by atoms with van der Waals surface area (Å²) in [5.41, 5.74) is -0.341. The Kier molecular flexibility index (Phi) is 2.99. The van der Waals surface area contributed by atoms with Crippen LogP contribution in [-0.4, -0.2) is 10.1 Å². The quantitative estimate of drug-likeness (QED) is 0.900. The Hall–Kier alpha value is -2.05. The fourth-order valence-corrected chi connectivity index (χ4v) is 1.20.